The zero-order chi connectivity index (χ0) is 16.4. The molecule has 3 aromatic rings. The molecule has 1 aromatic heterocycles. The molecule has 3 N–H and O–H groups in total. The van der Waals surface area contributed by atoms with Gasteiger partial charge in [0.1, 0.15) is 11.6 Å². The predicted octanol–water partition coefficient (Wildman–Crippen LogP) is 2.39. The highest BCUT2D eigenvalue weighted by atomic mass is 32.2. The van der Waals surface area contributed by atoms with Crippen molar-refractivity contribution in [3.8, 4) is 5.69 Å². The minimum absolute atomic E-state index is 0.0682. The smallest absolute Gasteiger partial charge is 0.263 e. The van der Waals surface area contributed by atoms with Crippen LogP contribution in [0.15, 0.2) is 65.7 Å². The summed E-state index contributed by atoms with van der Waals surface area (Å²) in [7, 11) is -3.80. The summed E-state index contributed by atoms with van der Waals surface area (Å²) >= 11 is 0. The maximum atomic E-state index is 13.3. The van der Waals surface area contributed by atoms with Crippen molar-refractivity contribution >= 4 is 21.5 Å². The molecule has 0 spiro atoms. The van der Waals surface area contributed by atoms with E-state index in [4.69, 9.17) is 5.73 Å². The average Bonchev–Trinajstić information content (AvgIpc) is 2.95. The Balaban J connectivity index is 1.95. The summed E-state index contributed by atoms with van der Waals surface area (Å²) in [6, 6.07) is 13.0. The van der Waals surface area contributed by atoms with Crippen molar-refractivity contribution in [1.29, 1.82) is 0 Å². The van der Waals surface area contributed by atoms with Crippen molar-refractivity contribution < 1.29 is 12.8 Å². The van der Waals surface area contributed by atoms with Gasteiger partial charge in [-0.2, -0.15) is 5.10 Å². The molecule has 0 bridgehead atoms. The Kier molecular flexibility index (Phi) is 3.75. The van der Waals surface area contributed by atoms with E-state index in [-0.39, 0.29) is 10.7 Å². The monoisotopic (exact) mass is 332 g/mol. The van der Waals surface area contributed by atoms with Crippen molar-refractivity contribution in [3.05, 3.63) is 66.6 Å². The number of halogens is 1. The highest BCUT2D eigenvalue weighted by Crippen LogP contribution is 2.20. The van der Waals surface area contributed by atoms with E-state index in [1.54, 1.807) is 6.07 Å². The Morgan fingerprint density at radius 3 is 2.52 bits per heavy atom. The van der Waals surface area contributed by atoms with Gasteiger partial charge in [0.05, 0.1) is 16.8 Å². The molecule has 6 nitrogen and oxygen atoms in total. The normalized spacial score (nSPS) is 11.3. The Labute approximate surface area is 132 Å². The van der Waals surface area contributed by atoms with Crippen LogP contribution in [0.1, 0.15) is 0 Å². The summed E-state index contributed by atoms with van der Waals surface area (Å²) in [6.07, 6.45) is 1.42. The first-order chi connectivity index (χ1) is 11.0. The van der Waals surface area contributed by atoms with Crippen LogP contribution in [0, 0.1) is 5.82 Å². The standard InChI is InChI=1S/C15H13FN4O2S/c16-11-2-1-3-13(10-11)20-15(8-9-18-20)19-23(21,22)14-6-4-12(17)5-7-14/h1-10,19H,17H2. The highest BCUT2D eigenvalue weighted by molar-refractivity contribution is 7.92. The van der Waals surface area contributed by atoms with Crippen LogP contribution in [0.3, 0.4) is 0 Å². The number of nitrogens with zero attached hydrogens (tertiary/aromatic N) is 2. The first-order valence-corrected chi connectivity index (χ1v) is 8.12. The first kappa shape index (κ1) is 15.0. The maximum Gasteiger partial charge on any atom is 0.263 e. The molecule has 3 rings (SSSR count). The van der Waals surface area contributed by atoms with E-state index < -0.39 is 15.8 Å². The topological polar surface area (TPSA) is 90.0 Å². The molecule has 0 saturated heterocycles. The van der Waals surface area contributed by atoms with Gasteiger partial charge in [-0.25, -0.2) is 17.5 Å². The lowest BCUT2D eigenvalue weighted by molar-refractivity contribution is 0.600. The molecule has 0 aliphatic heterocycles. The Hall–Kier alpha value is -2.87. The van der Waals surface area contributed by atoms with Gasteiger partial charge >= 0.3 is 0 Å². The lowest BCUT2D eigenvalue weighted by Gasteiger charge is -2.11. The molecule has 0 aliphatic rings. The van der Waals surface area contributed by atoms with Crippen LogP contribution in [0.2, 0.25) is 0 Å². The second kappa shape index (κ2) is 5.73. The Bertz CT molecular complexity index is 936. The molecule has 1 heterocycles. The number of rotatable bonds is 4. The molecule has 2 aromatic carbocycles. The second-order valence-corrected chi connectivity index (χ2v) is 6.47. The lowest BCUT2D eigenvalue weighted by atomic mass is 10.3. The molecular formula is C15H13FN4O2S. The number of aromatic nitrogens is 2. The van der Waals surface area contributed by atoms with Gasteiger partial charge in [-0.1, -0.05) is 6.07 Å². The SMILES string of the molecule is Nc1ccc(S(=O)(=O)Nc2ccnn2-c2cccc(F)c2)cc1. The van der Waals surface area contributed by atoms with Crippen LogP contribution in [0.25, 0.3) is 5.69 Å². The fourth-order valence-electron chi connectivity index (χ4n) is 2.04. The molecule has 0 atom stereocenters. The molecule has 0 radical (unpaired) electrons. The fraction of sp³-hybridized carbons (Fsp3) is 0. The lowest BCUT2D eigenvalue weighted by Crippen LogP contribution is -2.16. The van der Waals surface area contributed by atoms with Crippen LogP contribution < -0.4 is 10.5 Å². The highest BCUT2D eigenvalue weighted by Gasteiger charge is 2.17. The van der Waals surface area contributed by atoms with Gasteiger partial charge in [0, 0.05) is 11.8 Å². The second-order valence-electron chi connectivity index (χ2n) is 4.78. The molecular weight excluding hydrogens is 319 g/mol. The number of benzene rings is 2. The number of sulfonamides is 1. The Morgan fingerprint density at radius 2 is 1.83 bits per heavy atom. The van der Waals surface area contributed by atoms with Gasteiger partial charge in [0.25, 0.3) is 10.0 Å². The number of nitrogen functional groups attached to an aromatic ring is 1. The van der Waals surface area contributed by atoms with Gasteiger partial charge in [-0.05, 0) is 42.5 Å². The molecule has 23 heavy (non-hydrogen) atoms. The van der Waals surface area contributed by atoms with E-state index in [2.05, 4.69) is 9.82 Å². The largest absolute Gasteiger partial charge is 0.399 e. The third-order valence-electron chi connectivity index (χ3n) is 3.12. The third kappa shape index (κ3) is 3.16. The van der Waals surface area contributed by atoms with Gasteiger partial charge in [0.15, 0.2) is 0 Å². The Morgan fingerprint density at radius 1 is 1.09 bits per heavy atom. The summed E-state index contributed by atoms with van der Waals surface area (Å²) in [5.74, 6) is -0.238. The van der Waals surface area contributed by atoms with Gasteiger partial charge in [0.2, 0.25) is 0 Å². The molecule has 118 valence electrons. The van der Waals surface area contributed by atoms with E-state index in [1.165, 1.54) is 59.4 Å². The quantitative estimate of drug-likeness (QED) is 0.718. The van der Waals surface area contributed by atoms with Gasteiger partial charge in [-0.15, -0.1) is 0 Å². The van der Waals surface area contributed by atoms with Crippen LogP contribution in [-0.4, -0.2) is 18.2 Å². The molecule has 0 amide bonds. The fourth-order valence-corrected chi connectivity index (χ4v) is 3.08. The number of anilines is 2. The molecule has 8 heteroatoms. The minimum atomic E-state index is -3.80. The van der Waals surface area contributed by atoms with Crippen molar-refractivity contribution in [1.82, 2.24) is 9.78 Å². The summed E-state index contributed by atoms with van der Waals surface area (Å²) in [6.45, 7) is 0. The third-order valence-corrected chi connectivity index (χ3v) is 4.50. The summed E-state index contributed by atoms with van der Waals surface area (Å²) < 4.78 is 41.9. The number of nitrogens with two attached hydrogens (primary N) is 1. The van der Waals surface area contributed by atoms with Crippen molar-refractivity contribution in [3.63, 3.8) is 0 Å². The molecule has 0 saturated carbocycles. The average molecular weight is 332 g/mol. The molecule has 0 aliphatic carbocycles. The number of hydrogen-bond acceptors (Lipinski definition) is 4. The van der Waals surface area contributed by atoms with Crippen LogP contribution >= 0.6 is 0 Å². The summed E-state index contributed by atoms with van der Waals surface area (Å²) in [4.78, 5) is 0.0682. The van der Waals surface area contributed by atoms with E-state index in [1.807, 2.05) is 0 Å². The van der Waals surface area contributed by atoms with Crippen LogP contribution in [0.4, 0.5) is 15.9 Å². The maximum absolute atomic E-state index is 13.3. The number of hydrogen-bond donors (Lipinski definition) is 2. The van der Waals surface area contributed by atoms with Crippen molar-refractivity contribution in [2.75, 3.05) is 10.5 Å². The van der Waals surface area contributed by atoms with Crippen LogP contribution in [-0.2, 0) is 10.0 Å². The van der Waals surface area contributed by atoms with Crippen molar-refractivity contribution in [2.45, 2.75) is 4.90 Å². The minimum Gasteiger partial charge on any atom is -0.399 e. The van der Waals surface area contributed by atoms with E-state index in [9.17, 15) is 12.8 Å². The van der Waals surface area contributed by atoms with Crippen molar-refractivity contribution in [2.24, 2.45) is 0 Å². The zero-order valence-electron chi connectivity index (χ0n) is 11.8. The zero-order valence-corrected chi connectivity index (χ0v) is 12.7. The predicted molar refractivity (Wildman–Crippen MR) is 85.2 cm³/mol. The molecule has 0 fully saturated rings. The van der Waals surface area contributed by atoms with E-state index in [0.29, 0.717) is 11.4 Å². The molecule has 0 unspecified atom stereocenters. The van der Waals surface area contributed by atoms with Gasteiger partial charge < -0.3 is 5.73 Å². The summed E-state index contributed by atoms with van der Waals surface area (Å²) in [5.41, 5.74) is 6.43. The van der Waals surface area contributed by atoms with Crippen LogP contribution in [0.5, 0.6) is 0 Å². The van der Waals surface area contributed by atoms with E-state index >= 15 is 0 Å². The van der Waals surface area contributed by atoms with E-state index in [0.717, 1.165) is 0 Å². The van der Waals surface area contributed by atoms with Gasteiger partial charge in [-0.3, -0.25) is 4.72 Å². The number of nitrogens with one attached hydrogen (secondary N) is 1. The summed E-state index contributed by atoms with van der Waals surface area (Å²) in [5, 5.41) is 4.02. The first-order valence-electron chi connectivity index (χ1n) is 6.64.